The average molecular weight is 292 g/mol. The molecule has 20 heavy (non-hydrogen) atoms. The van der Waals surface area contributed by atoms with E-state index in [4.69, 9.17) is 29.2 Å². The summed E-state index contributed by atoms with van der Waals surface area (Å²) in [4.78, 5) is 0. The first-order valence-corrected chi connectivity index (χ1v) is 7.49. The molecule has 1 aliphatic rings. The summed E-state index contributed by atoms with van der Waals surface area (Å²) in [5.41, 5.74) is 0. The number of aliphatic hydroxyl groups excluding tert-OH is 2. The first-order chi connectivity index (χ1) is 9.88. The Morgan fingerprint density at radius 2 is 1.10 bits per heavy atom. The maximum Gasteiger partial charge on any atom is 0.0837 e. The Hall–Kier alpha value is -0.240. The fourth-order valence-electron chi connectivity index (χ4n) is 2.29. The normalized spacial score (nSPS) is 23.1. The third kappa shape index (κ3) is 8.14. The van der Waals surface area contributed by atoms with E-state index in [0.29, 0.717) is 39.6 Å². The minimum atomic E-state index is 0.0446. The van der Waals surface area contributed by atoms with Crippen molar-refractivity contribution in [3.8, 4) is 0 Å². The summed E-state index contributed by atoms with van der Waals surface area (Å²) in [6.07, 6.45) is 4.62. The molecule has 1 fully saturated rings. The molecule has 1 saturated carbocycles. The summed E-state index contributed by atoms with van der Waals surface area (Å²) in [5, 5.41) is 17.2. The van der Waals surface area contributed by atoms with Gasteiger partial charge >= 0.3 is 0 Å². The second-order valence-electron chi connectivity index (χ2n) is 4.77. The van der Waals surface area contributed by atoms with Gasteiger partial charge in [0.05, 0.1) is 65.1 Å². The molecule has 120 valence electrons. The fraction of sp³-hybridized carbons (Fsp3) is 1.00. The monoisotopic (exact) mass is 292 g/mol. The number of hydrogen-bond donors (Lipinski definition) is 2. The smallest absolute Gasteiger partial charge is 0.0837 e. The number of ether oxygens (including phenoxy) is 4. The molecule has 1 aliphatic carbocycles. The van der Waals surface area contributed by atoms with Crippen LogP contribution < -0.4 is 0 Å². The van der Waals surface area contributed by atoms with E-state index in [-0.39, 0.29) is 25.4 Å². The minimum Gasteiger partial charge on any atom is -0.394 e. The van der Waals surface area contributed by atoms with Gasteiger partial charge in [0.2, 0.25) is 0 Å². The van der Waals surface area contributed by atoms with Crippen LogP contribution in [0.1, 0.15) is 25.7 Å². The Morgan fingerprint density at radius 3 is 1.50 bits per heavy atom. The molecule has 0 aliphatic heterocycles. The largest absolute Gasteiger partial charge is 0.394 e. The van der Waals surface area contributed by atoms with Crippen molar-refractivity contribution in [2.75, 3.05) is 52.9 Å². The summed E-state index contributed by atoms with van der Waals surface area (Å²) in [6.45, 7) is 2.88. The predicted molar refractivity (Wildman–Crippen MR) is 73.8 cm³/mol. The van der Waals surface area contributed by atoms with E-state index in [1.54, 1.807) is 0 Å². The lowest BCUT2D eigenvalue weighted by Crippen LogP contribution is -2.36. The molecule has 0 bridgehead atoms. The SMILES string of the molecule is OCCOCCO[C@@H]1CCCC[C@H]1OCCOCCO. The van der Waals surface area contributed by atoms with E-state index in [9.17, 15) is 0 Å². The molecule has 0 aromatic rings. The van der Waals surface area contributed by atoms with E-state index in [2.05, 4.69) is 0 Å². The van der Waals surface area contributed by atoms with Crippen LogP contribution in [0.4, 0.5) is 0 Å². The van der Waals surface area contributed by atoms with Gasteiger partial charge in [-0.3, -0.25) is 0 Å². The standard InChI is InChI=1S/C14H28O6/c15-5-7-17-9-11-19-13-3-1-2-4-14(13)20-12-10-18-8-6-16/h13-16H,1-12H2/t13-,14-/m1/s1. The van der Waals surface area contributed by atoms with Crippen LogP contribution in [-0.2, 0) is 18.9 Å². The average Bonchev–Trinajstić information content (AvgIpc) is 2.48. The van der Waals surface area contributed by atoms with Crippen LogP contribution in [-0.4, -0.2) is 75.3 Å². The van der Waals surface area contributed by atoms with Crippen LogP contribution in [0.15, 0.2) is 0 Å². The van der Waals surface area contributed by atoms with Crippen molar-refractivity contribution >= 4 is 0 Å². The topological polar surface area (TPSA) is 77.4 Å². The van der Waals surface area contributed by atoms with Crippen molar-refractivity contribution in [2.45, 2.75) is 37.9 Å². The van der Waals surface area contributed by atoms with Crippen LogP contribution in [0.2, 0.25) is 0 Å². The third-order valence-corrected chi connectivity index (χ3v) is 3.23. The third-order valence-electron chi connectivity index (χ3n) is 3.23. The lowest BCUT2D eigenvalue weighted by Gasteiger charge is -2.31. The molecular weight excluding hydrogens is 264 g/mol. The summed E-state index contributed by atoms with van der Waals surface area (Å²) in [7, 11) is 0. The predicted octanol–water partition coefficient (Wildman–Crippen LogP) is 0.349. The molecule has 6 nitrogen and oxygen atoms in total. The minimum absolute atomic E-state index is 0.0446. The number of hydrogen-bond acceptors (Lipinski definition) is 6. The zero-order valence-corrected chi connectivity index (χ0v) is 12.2. The van der Waals surface area contributed by atoms with Gasteiger partial charge < -0.3 is 29.2 Å². The van der Waals surface area contributed by atoms with Gasteiger partial charge in [0.15, 0.2) is 0 Å². The van der Waals surface area contributed by atoms with Crippen molar-refractivity contribution < 1.29 is 29.2 Å². The molecule has 0 aromatic heterocycles. The molecule has 0 heterocycles. The van der Waals surface area contributed by atoms with Gasteiger partial charge in [-0.05, 0) is 12.8 Å². The van der Waals surface area contributed by atoms with Gasteiger partial charge in [0.25, 0.3) is 0 Å². The van der Waals surface area contributed by atoms with Crippen LogP contribution >= 0.6 is 0 Å². The zero-order valence-electron chi connectivity index (χ0n) is 12.2. The van der Waals surface area contributed by atoms with Crippen molar-refractivity contribution in [2.24, 2.45) is 0 Å². The van der Waals surface area contributed by atoms with Crippen LogP contribution in [0.3, 0.4) is 0 Å². The molecule has 0 radical (unpaired) electrons. The summed E-state index contributed by atoms with van der Waals surface area (Å²) >= 11 is 0. The van der Waals surface area contributed by atoms with E-state index in [1.807, 2.05) is 0 Å². The molecule has 0 saturated heterocycles. The molecule has 2 N–H and O–H groups in total. The van der Waals surface area contributed by atoms with E-state index in [0.717, 1.165) is 12.8 Å². The van der Waals surface area contributed by atoms with Crippen molar-refractivity contribution in [3.63, 3.8) is 0 Å². The molecule has 2 atom stereocenters. The number of aliphatic hydroxyl groups is 2. The van der Waals surface area contributed by atoms with Crippen LogP contribution in [0.5, 0.6) is 0 Å². The van der Waals surface area contributed by atoms with E-state index >= 15 is 0 Å². The molecule has 1 rings (SSSR count). The second kappa shape index (κ2) is 12.5. The highest BCUT2D eigenvalue weighted by Gasteiger charge is 2.26. The van der Waals surface area contributed by atoms with Gasteiger partial charge in [-0.1, -0.05) is 12.8 Å². The summed E-state index contributed by atoms with van der Waals surface area (Å²) < 4.78 is 22.0. The first-order valence-electron chi connectivity index (χ1n) is 7.49. The lowest BCUT2D eigenvalue weighted by atomic mass is 9.94. The zero-order chi connectivity index (χ0) is 14.5. The number of rotatable bonds is 12. The Kier molecular flexibility index (Phi) is 11.1. The Bertz CT molecular complexity index is 192. The van der Waals surface area contributed by atoms with Gasteiger partial charge in [-0.2, -0.15) is 0 Å². The van der Waals surface area contributed by atoms with Crippen molar-refractivity contribution in [3.05, 3.63) is 0 Å². The first kappa shape index (κ1) is 17.8. The van der Waals surface area contributed by atoms with E-state index < -0.39 is 0 Å². The van der Waals surface area contributed by atoms with Crippen molar-refractivity contribution in [1.29, 1.82) is 0 Å². The lowest BCUT2D eigenvalue weighted by molar-refractivity contribution is -0.110. The maximum absolute atomic E-state index is 8.60. The molecule has 0 amide bonds. The van der Waals surface area contributed by atoms with Crippen LogP contribution in [0.25, 0.3) is 0 Å². The molecule has 0 aromatic carbocycles. The molecule has 0 unspecified atom stereocenters. The van der Waals surface area contributed by atoms with Crippen molar-refractivity contribution in [1.82, 2.24) is 0 Å². The Labute approximate surface area is 121 Å². The highest BCUT2D eigenvalue weighted by molar-refractivity contribution is 4.76. The molecular formula is C14H28O6. The fourth-order valence-corrected chi connectivity index (χ4v) is 2.29. The maximum atomic E-state index is 8.60. The summed E-state index contributed by atoms with van der Waals surface area (Å²) in [6, 6.07) is 0. The second-order valence-corrected chi connectivity index (χ2v) is 4.77. The molecule has 6 heteroatoms. The Balaban J connectivity index is 2.10. The van der Waals surface area contributed by atoms with Gasteiger partial charge in [0, 0.05) is 0 Å². The highest BCUT2D eigenvalue weighted by atomic mass is 16.6. The quantitative estimate of drug-likeness (QED) is 0.505. The van der Waals surface area contributed by atoms with Gasteiger partial charge in [0.1, 0.15) is 0 Å². The van der Waals surface area contributed by atoms with Gasteiger partial charge in [-0.15, -0.1) is 0 Å². The highest BCUT2D eigenvalue weighted by Crippen LogP contribution is 2.23. The Morgan fingerprint density at radius 1 is 0.650 bits per heavy atom. The van der Waals surface area contributed by atoms with Gasteiger partial charge in [-0.25, -0.2) is 0 Å². The molecule has 0 spiro atoms. The van der Waals surface area contributed by atoms with Crippen LogP contribution in [0, 0.1) is 0 Å². The van der Waals surface area contributed by atoms with E-state index in [1.165, 1.54) is 12.8 Å². The summed E-state index contributed by atoms with van der Waals surface area (Å²) in [5.74, 6) is 0.